The summed E-state index contributed by atoms with van der Waals surface area (Å²) in [5.74, 6) is 0. The third-order valence-electron chi connectivity index (χ3n) is 0.813. The Morgan fingerprint density at radius 1 is 1.78 bits per heavy atom. The van der Waals surface area contributed by atoms with Crippen LogP contribution in [0, 0.1) is 10.1 Å². The van der Waals surface area contributed by atoms with E-state index < -0.39 is 10.7 Å². The molecule has 2 N–H and O–H groups in total. The van der Waals surface area contributed by atoms with E-state index in [1.54, 1.807) is 13.8 Å². The van der Waals surface area contributed by atoms with Gasteiger partial charge >= 0.3 is 0 Å². The first kappa shape index (κ1) is 8.16. The molecule has 0 aromatic carbocycles. The van der Waals surface area contributed by atoms with Crippen molar-refractivity contribution >= 4 is 0 Å². The van der Waals surface area contributed by atoms with Gasteiger partial charge in [0.05, 0.1) is 0 Å². The molecule has 0 spiro atoms. The molecule has 0 aliphatic heterocycles. The van der Waals surface area contributed by atoms with E-state index in [1.165, 1.54) is 0 Å². The number of hydrogen-bond donors (Lipinski definition) is 1. The molecule has 9 heavy (non-hydrogen) atoms. The van der Waals surface area contributed by atoms with Crippen molar-refractivity contribution in [2.24, 2.45) is 5.73 Å². The van der Waals surface area contributed by atoms with Crippen LogP contribution >= 0.6 is 0 Å². The van der Waals surface area contributed by atoms with E-state index in [4.69, 9.17) is 5.73 Å². The molecule has 0 aromatic rings. The molecule has 0 fully saturated rings. The molecule has 0 bridgehead atoms. The number of rotatable bonds is 3. The summed E-state index contributed by atoms with van der Waals surface area (Å²) in [6.07, 6.45) is 0. The molecular weight excluding hydrogens is 124 g/mol. The van der Waals surface area contributed by atoms with E-state index in [0.717, 1.165) is 0 Å². The maximum absolute atomic E-state index is 9.70. The first-order valence-corrected chi connectivity index (χ1v) is 2.51. The van der Waals surface area contributed by atoms with Crippen LogP contribution in [0.4, 0.5) is 0 Å². The van der Waals surface area contributed by atoms with Crippen LogP contribution in [-0.2, 0) is 4.84 Å². The lowest BCUT2D eigenvalue weighted by Gasteiger charge is -2.18. The zero-order chi connectivity index (χ0) is 7.49. The fourth-order valence-electron chi connectivity index (χ4n) is 0.239. The Morgan fingerprint density at radius 3 is 2.33 bits per heavy atom. The zero-order valence-electron chi connectivity index (χ0n) is 5.46. The molecule has 0 aliphatic carbocycles. The van der Waals surface area contributed by atoms with E-state index in [9.17, 15) is 10.1 Å². The molecule has 0 aliphatic rings. The van der Waals surface area contributed by atoms with Gasteiger partial charge in [-0.1, -0.05) is 0 Å². The molecule has 0 atom stereocenters. The van der Waals surface area contributed by atoms with Crippen LogP contribution in [0.15, 0.2) is 0 Å². The fourth-order valence-corrected chi connectivity index (χ4v) is 0.239. The largest absolute Gasteiger partial charge is 0.328 e. The second-order valence-electron chi connectivity index (χ2n) is 2.28. The average molecular weight is 134 g/mol. The Hall–Kier alpha value is -0.840. The fraction of sp³-hybridized carbons (Fsp3) is 1.00. The molecule has 0 amide bonds. The van der Waals surface area contributed by atoms with Crippen LogP contribution in [0.5, 0.6) is 0 Å². The first-order valence-electron chi connectivity index (χ1n) is 2.51. The van der Waals surface area contributed by atoms with Gasteiger partial charge in [-0.25, -0.2) is 0 Å². The second kappa shape index (κ2) is 2.63. The van der Waals surface area contributed by atoms with Gasteiger partial charge in [-0.2, -0.15) is 0 Å². The van der Waals surface area contributed by atoms with Gasteiger partial charge in [0.15, 0.2) is 0 Å². The summed E-state index contributed by atoms with van der Waals surface area (Å²) >= 11 is 0. The Bertz CT molecular complexity index is 112. The van der Waals surface area contributed by atoms with Crippen molar-refractivity contribution in [1.29, 1.82) is 0 Å². The van der Waals surface area contributed by atoms with Gasteiger partial charge in [0.2, 0.25) is 0 Å². The minimum absolute atomic E-state index is 0.133. The van der Waals surface area contributed by atoms with Crippen molar-refractivity contribution in [3.05, 3.63) is 10.1 Å². The predicted molar refractivity (Wildman–Crippen MR) is 31.2 cm³/mol. The minimum Gasteiger partial charge on any atom is -0.328 e. The van der Waals surface area contributed by atoms with Gasteiger partial charge in [-0.15, -0.1) is 10.1 Å². The van der Waals surface area contributed by atoms with Crippen LogP contribution in [0.25, 0.3) is 0 Å². The van der Waals surface area contributed by atoms with Gasteiger partial charge in [0, 0.05) is 6.54 Å². The highest BCUT2D eigenvalue weighted by Crippen LogP contribution is 2.04. The van der Waals surface area contributed by atoms with E-state index in [1.807, 2.05) is 0 Å². The smallest absolute Gasteiger partial charge is 0.295 e. The Morgan fingerprint density at radius 2 is 2.22 bits per heavy atom. The highest BCUT2D eigenvalue weighted by molar-refractivity contribution is 4.65. The van der Waals surface area contributed by atoms with Gasteiger partial charge in [0.25, 0.3) is 5.09 Å². The average Bonchev–Trinajstić information content (AvgIpc) is 1.63. The third-order valence-corrected chi connectivity index (χ3v) is 0.813. The maximum Gasteiger partial charge on any atom is 0.295 e. The summed E-state index contributed by atoms with van der Waals surface area (Å²) in [6, 6.07) is 0. The van der Waals surface area contributed by atoms with Crippen molar-refractivity contribution in [1.82, 2.24) is 0 Å². The summed E-state index contributed by atoms with van der Waals surface area (Å²) in [7, 11) is 0. The lowest BCUT2D eigenvalue weighted by Crippen LogP contribution is -2.35. The van der Waals surface area contributed by atoms with E-state index in [2.05, 4.69) is 4.84 Å². The Labute approximate surface area is 52.9 Å². The topological polar surface area (TPSA) is 78.4 Å². The van der Waals surface area contributed by atoms with Crippen molar-refractivity contribution in [2.45, 2.75) is 19.4 Å². The highest BCUT2D eigenvalue weighted by atomic mass is 17.0. The predicted octanol–water partition coefficient (Wildman–Crippen LogP) is -0.0680. The van der Waals surface area contributed by atoms with Crippen LogP contribution in [-0.4, -0.2) is 17.2 Å². The third kappa shape index (κ3) is 3.72. The van der Waals surface area contributed by atoms with Gasteiger partial charge in [-0.05, 0) is 13.8 Å². The molecule has 0 unspecified atom stereocenters. The zero-order valence-corrected chi connectivity index (χ0v) is 5.46. The summed E-state index contributed by atoms with van der Waals surface area (Å²) in [6.45, 7) is 3.24. The quantitative estimate of drug-likeness (QED) is 0.433. The second-order valence-corrected chi connectivity index (χ2v) is 2.28. The van der Waals surface area contributed by atoms with E-state index in [0.29, 0.717) is 0 Å². The van der Waals surface area contributed by atoms with Crippen molar-refractivity contribution < 1.29 is 9.92 Å². The van der Waals surface area contributed by atoms with Crippen LogP contribution < -0.4 is 5.73 Å². The minimum atomic E-state index is -0.858. The number of nitrogens with zero attached hydrogens (tertiary/aromatic N) is 1. The molecule has 54 valence electrons. The molecule has 0 rings (SSSR count). The molecule has 5 heteroatoms. The first-order chi connectivity index (χ1) is 3.98. The Balaban J connectivity index is 3.71. The van der Waals surface area contributed by atoms with Gasteiger partial charge < -0.3 is 10.6 Å². The van der Waals surface area contributed by atoms with Gasteiger partial charge in [-0.3, -0.25) is 0 Å². The lowest BCUT2D eigenvalue weighted by atomic mass is 10.1. The van der Waals surface area contributed by atoms with E-state index >= 15 is 0 Å². The van der Waals surface area contributed by atoms with Crippen LogP contribution in [0.3, 0.4) is 0 Å². The maximum atomic E-state index is 9.70. The molecule has 5 nitrogen and oxygen atoms in total. The molecule has 0 aromatic heterocycles. The summed E-state index contributed by atoms with van der Waals surface area (Å²) in [5.41, 5.74) is 4.27. The van der Waals surface area contributed by atoms with E-state index in [-0.39, 0.29) is 6.54 Å². The van der Waals surface area contributed by atoms with Crippen LogP contribution in [0.1, 0.15) is 13.8 Å². The van der Waals surface area contributed by atoms with Crippen LogP contribution in [0.2, 0.25) is 0 Å². The number of hydrogen-bond acceptors (Lipinski definition) is 4. The Kier molecular flexibility index (Phi) is 2.39. The highest BCUT2D eigenvalue weighted by Gasteiger charge is 2.19. The standard InChI is InChI=1S/C4H10N2O3/c1-4(2,3-5)9-6(7)8/h3,5H2,1-2H3. The van der Waals surface area contributed by atoms with Crippen molar-refractivity contribution in [3.8, 4) is 0 Å². The monoisotopic (exact) mass is 134 g/mol. The lowest BCUT2D eigenvalue weighted by molar-refractivity contribution is -0.778. The molecule has 0 heterocycles. The van der Waals surface area contributed by atoms with Crippen molar-refractivity contribution in [2.75, 3.05) is 6.54 Å². The summed E-state index contributed by atoms with van der Waals surface area (Å²) in [4.78, 5) is 13.9. The molecule has 0 saturated carbocycles. The molecule has 0 radical (unpaired) electrons. The molecule has 0 saturated heterocycles. The SMILES string of the molecule is CC(C)(CN)O[N+](=O)[O-]. The number of nitrogens with two attached hydrogens (primary N) is 1. The van der Waals surface area contributed by atoms with Crippen molar-refractivity contribution in [3.63, 3.8) is 0 Å². The summed E-state index contributed by atoms with van der Waals surface area (Å²) < 4.78 is 0. The normalized spacial score (nSPS) is 11.0. The van der Waals surface area contributed by atoms with Gasteiger partial charge in [0.1, 0.15) is 5.60 Å². The summed E-state index contributed by atoms with van der Waals surface area (Å²) in [5, 5.41) is 8.86. The molecular formula is C4H10N2O3.